The topological polar surface area (TPSA) is 47.1 Å². The number of aryl methyl sites for hydroxylation is 2. The number of rotatable bonds is 2. The maximum atomic E-state index is 5.83. The van der Waals surface area contributed by atoms with E-state index in [2.05, 4.69) is 57.3 Å². The Bertz CT molecular complexity index is 769. The second kappa shape index (κ2) is 7.43. The molecule has 1 fully saturated rings. The summed E-state index contributed by atoms with van der Waals surface area (Å²) in [6.07, 6.45) is 4.60. The van der Waals surface area contributed by atoms with Gasteiger partial charge in [-0.15, -0.1) is 12.4 Å². The van der Waals surface area contributed by atoms with Crippen molar-refractivity contribution in [3.05, 3.63) is 19.0 Å². The molecule has 1 aromatic heterocycles. The maximum Gasteiger partial charge on any atom is 0.206 e. The van der Waals surface area contributed by atoms with E-state index in [4.69, 9.17) is 10.7 Å². The van der Waals surface area contributed by atoms with Gasteiger partial charge in [-0.25, -0.2) is 4.98 Å². The minimum absolute atomic E-state index is 0. The van der Waals surface area contributed by atoms with E-state index in [1.165, 1.54) is 23.9 Å². The Kier molecular flexibility index (Phi) is 5.87. The molecule has 4 rings (SSSR count). The smallest absolute Gasteiger partial charge is 0.206 e. The molecule has 2 aliphatic heterocycles. The zero-order valence-electron chi connectivity index (χ0n) is 13.2. The maximum absolute atomic E-state index is 5.83. The summed E-state index contributed by atoms with van der Waals surface area (Å²) >= 11 is 11.2. The van der Waals surface area contributed by atoms with Gasteiger partial charge in [0, 0.05) is 28.6 Å². The number of aromatic nitrogens is 2. The van der Waals surface area contributed by atoms with E-state index >= 15 is 0 Å². The van der Waals surface area contributed by atoms with Crippen molar-refractivity contribution >= 4 is 77.2 Å². The van der Waals surface area contributed by atoms with Crippen LogP contribution in [0.5, 0.6) is 0 Å². The Morgan fingerprint density at radius 3 is 2.42 bits per heavy atom. The van der Waals surface area contributed by atoms with Crippen molar-refractivity contribution in [2.24, 2.45) is 11.7 Å². The molecule has 1 aromatic carbocycles. The normalized spacial score (nSPS) is 18.1. The standard InChI is InChI=1S/C16H19Br3N4.ClH/c17-11-10-2-1-5-23-15(10)14(13(19)12(11)18)21-16(23)22-6-3-9(8-20)4-7-22;/h9H,1-8,20H2;1H. The second-order valence-corrected chi connectivity index (χ2v) is 8.83. The van der Waals surface area contributed by atoms with Crippen LogP contribution in [0, 0.1) is 5.92 Å². The Morgan fingerprint density at radius 2 is 1.75 bits per heavy atom. The number of nitrogens with zero attached hydrogens (tertiary/aromatic N) is 3. The quantitative estimate of drug-likeness (QED) is 0.551. The molecular weight excluding hydrogens is 523 g/mol. The van der Waals surface area contributed by atoms with Crippen molar-refractivity contribution in [3.8, 4) is 0 Å². The van der Waals surface area contributed by atoms with Crippen LogP contribution in [0.4, 0.5) is 5.95 Å². The third-order valence-corrected chi connectivity index (χ3v) is 8.64. The van der Waals surface area contributed by atoms with Crippen molar-refractivity contribution in [1.29, 1.82) is 0 Å². The zero-order chi connectivity index (χ0) is 16.1. The lowest BCUT2D eigenvalue weighted by Gasteiger charge is -2.33. The van der Waals surface area contributed by atoms with E-state index in [1.807, 2.05) is 0 Å². The largest absolute Gasteiger partial charge is 0.342 e. The third kappa shape index (κ3) is 2.94. The predicted molar refractivity (Wildman–Crippen MR) is 112 cm³/mol. The average molecular weight is 544 g/mol. The van der Waals surface area contributed by atoms with Crippen molar-refractivity contribution in [2.75, 3.05) is 24.5 Å². The van der Waals surface area contributed by atoms with Crippen LogP contribution in [0.1, 0.15) is 24.8 Å². The van der Waals surface area contributed by atoms with Crippen LogP contribution in [0.3, 0.4) is 0 Å². The molecule has 1 saturated heterocycles. The van der Waals surface area contributed by atoms with Crippen molar-refractivity contribution in [3.63, 3.8) is 0 Å². The highest BCUT2D eigenvalue weighted by atomic mass is 79.9. The number of halogens is 4. The Morgan fingerprint density at radius 1 is 1.04 bits per heavy atom. The highest BCUT2D eigenvalue weighted by molar-refractivity contribution is 9.14. The fraction of sp³-hybridized carbons (Fsp3) is 0.562. The van der Waals surface area contributed by atoms with Crippen LogP contribution in [-0.4, -0.2) is 29.2 Å². The fourth-order valence-corrected chi connectivity index (χ4v) is 5.55. The van der Waals surface area contributed by atoms with Gasteiger partial charge >= 0.3 is 0 Å². The SMILES string of the molecule is Cl.NCC1CCN(c2nc3c(Br)c(Br)c(Br)c4c3n2CCC4)CC1. The number of benzene rings is 1. The van der Waals surface area contributed by atoms with E-state index in [0.717, 1.165) is 63.9 Å². The predicted octanol–water partition coefficient (Wildman–Crippen LogP) is 4.87. The van der Waals surface area contributed by atoms with Gasteiger partial charge in [-0.1, -0.05) is 0 Å². The van der Waals surface area contributed by atoms with Gasteiger partial charge in [-0.05, 0) is 91.5 Å². The van der Waals surface area contributed by atoms with Gasteiger partial charge in [0.25, 0.3) is 0 Å². The third-order valence-electron chi connectivity index (χ3n) is 5.13. The number of imidazole rings is 1. The van der Waals surface area contributed by atoms with Gasteiger partial charge in [0.1, 0.15) is 5.52 Å². The monoisotopic (exact) mass is 540 g/mol. The summed E-state index contributed by atoms with van der Waals surface area (Å²) in [5, 5.41) is 0. The first kappa shape index (κ1) is 19.0. The summed E-state index contributed by atoms with van der Waals surface area (Å²) in [5.41, 5.74) is 9.56. The summed E-state index contributed by atoms with van der Waals surface area (Å²) in [4.78, 5) is 7.46. The Labute approximate surface area is 173 Å². The number of hydrogen-bond donors (Lipinski definition) is 1. The summed E-state index contributed by atoms with van der Waals surface area (Å²) in [5.74, 6) is 1.80. The zero-order valence-corrected chi connectivity index (χ0v) is 18.8. The van der Waals surface area contributed by atoms with Crippen LogP contribution < -0.4 is 10.6 Å². The first-order valence-electron chi connectivity index (χ1n) is 8.12. The Hall–Kier alpha value is 0.180. The molecule has 0 spiro atoms. The van der Waals surface area contributed by atoms with Gasteiger partial charge in [0.15, 0.2) is 0 Å². The highest BCUT2D eigenvalue weighted by Gasteiger charge is 2.28. The Balaban J connectivity index is 0.00000169. The molecule has 0 saturated carbocycles. The van der Waals surface area contributed by atoms with Gasteiger partial charge < -0.3 is 15.2 Å². The molecule has 0 amide bonds. The number of anilines is 1. The summed E-state index contributed by atoms with van der Waals surface area (Å²) in [6, 6.07) is 0. The number of piperidine rings is 1. The molecule has 0 unspecified atom stereocenters. The summed E-state index contributed by atoms with van der Waals surface area (Å²) in [6.45, 7) is 3.97. The van der Waals surface area contributed by atoms with E-state index in [0.29, 0.717) is 5.92 Å². The number of hydrogen-bond acceptors (Lipinski definition) is 3. The van der Waals surface area contributed by atoms with Crippen molar-refractivity contribution < 1.29 is 0 Å². The minimum atomic E-state index is 0. The lowest BCUT2D eigenvalue weighted by Crippen LogP contribution is -2.37. The second-order valence-electron chi connectivity index (χ2n) is 6.45. The molecule has 2 aliphatic rings. The minimum Gasteiger partial charge on any atom is -0.342 e. The van der Waals surface area contributed by atoms with Crippen LogP contribution in [0.2, 0.25) is 0 Å². The lowest BCUT2D eigenvalue weighted by atomic mass is 9.97. The van der Waals surface area contributed by atoms with E-state index < -0.39 is 0 Å². The molecule has 24 heavy (non-hydrogen) atoms. The van der Waals surface area contributed by atoms with Gasteiger partial charge in [0.2, 0.25) is 5.95 Å². The van der Waals surface area contributed by atoms with Crippen molar-refractivity contribution in [2.45, 2.75) is 32.2 Å². The summed E-state index contributed by atoms with van der Waals surface area (Å²) in [7, 11) is 0. The average Bonchev–Trinajstić information content (AvgIpc) is 2.98. The molecule has 4 nitrogen and oxygen atoms in total. The molecule has 3 heterocycles. The molecule has 0 bridgehead atoms. The van der Waals surface area contributed by atoms with Crippen LogP contribution in [-0.2, 0) is 13.0 Å². The molecule has 0 atom stereocenters. The van der Waals surface area contributed by atoms with Crippen LogP contribution in [0.15, 0.2) is 13.4 Å². The molecule has 0 aliphatic carbocycles. The van der Waals surface area contributed by atoms with Gasteiger partial charge in [-0.3, -0.25) is 0 Å². The highest BCUT2D eigenvalue weighted by Crippen LogP contribution is 2.44. The van der Waals surface area contributed by atoms with Crippen LogP contribution >= 0.6 is 60.2 Å². The van der Waals surface area contributed by atoms with Gasteiger partial charge in [-0.2, -0.15) is 0 Å². The fourth-order valence-electron chi connectivity index (χ4n) is 3.80. The summed E-state index contributed by atoms with van der Waals surface area (Å²) < 4.78 is 5.69. The molecular formula is C16H20Br3ClN4. The lowest BCUT2D eigenvalue weighted by molar-refractivity contribution is 0.408. The molecule has 0 radical (unpaired) electrons. The molecule has 2 aromatic rings. The first-order valence-corrected chi connectivity index (χ1v) is 10.5. The molecule has 8 heteroatoms. The number of nitrogens with two attached hydrogens (primary N) is 1. The van der Waals surface area contributed by atoms with E-state index in [1.54, 1.807) is 0 Å². The van der Waals surface area contributed by atoms with Gasteiger partial charge in [0.05, 0.1) is 9.99 Å². The first-order chi connectivity index (χ1) is 11.1. The van der Waals surface area contributed by atoms with E-state index in [-0.39, 0.29) is 12.4 Å². The van der Waals surface area contributed by atoms with Crippen molar-refractivity contribution in [1.82, 2.24) is 9.55 Å². The molecule has 132 valence electrons. The van der Waals surface area contributed by atoms with Crippen LogP contribution in [0.25, 0.3) is 11.0 Å². The molecule has 2 N–H and O–H groups in total. The van der Waals surface area contributed by atoms with E-state index in [9.17, 15) is 0 Å².